The van der Waals surface area contributed by atoms with Crippen molar-refractivity contribution in [3.05, 3.63) is 134 Å². The van der Waals surface area contributed by atoms with E-state index in [2.05, 4.69) is 15.9 Å². The molecule has 7 heteroatoms. The van der Waals surface area contributed by atoms with E-state index in [4.69, 9.17) is 20.8 Å². The highest BCUT2D eigenvalue weighted by atomic mass is 79.9. The molecule has 0 bridgehead atoms. The third-order valence-electron chi connectivity index (χ3n) is 6.09. The topological polar surface area (TPSA) is 59.8 Å². The lowest BCUT2D eigenvalue weighted by Crippen LogP contribution is -2.29. The van der Waals surface area contributed by atoms with Gasteiger partial charge in [-0.3, -0.25) is 14.5 Å². The van der Waals surface area contributed by atoms with Gasteiger partial charge in [-0.05, 0) is 72.3 Å². The number of carbonyl (C=O) groups is 1. The van der Waals surface area contributed by atoms with Crippen molar-refractivity contribution in [2.24, 2.45) is 0 Å². The third-order valence-corrected chi connectivity index (χ3v) is 6.85. The number of hydrogen-bond acceptors (Lipinski definition) is 4. The Morgan fingerprint density at radius 3 is 2.36 bits per heavy atom. The van der Waals surface area contributed by atoms with Crippen LogP contribution in [0.4, 0.5) is 5.69 Å². The van der Waals surface area contributed by atoms with E-state index in [1.165, 1.54) is 0 Å². The van der Waals surface area contributed by atoms with Gasteiger partial charge < -0.3 is 9.15 Å². The Morgan fingerprint density at radius 2 is 1.58 bits per heavy atom. The molecule has 36 heavy (non-hydrogen) atoms. The molecule has 1 atom stereocenters. The van der Waals surface area contributed by atoms with Crippen molar-refractivity contribution < 1.29 is 13.9 Å². The monoisotopic (exact) mass is 557 g/mol. The van der Waals surface area contributed by atoms with Crippen molar-refractivity contribution in [1.82, 2.24) is 0 Å². The Hall–Kier alpha value is -3.87. The van der Waals surface area contributed by atoms with Gasteiger partial charge in [0.25, 0.3) is 5.91 Å². The van der Waals surface area contributed by atoms with Gasteiger partial charge in [0.05, 0.1) is 17.0 Å². The summed E-state index contributed by atoms with van der Waals surface area (Å²) in [6, 6.07) is 28.3. The Labute approximate surface area is 219 Å². The third kappa shape index (κ3) is 3.88. The molecule has 1 aliphatic rings. The van der Waals surface area contributed by atoms with E-state index in [1.54, 1.807) is 23.1 Å². The Balaban J connectivity index is 1.55. The van der Waals surface area contributed by atoms with E-state index >= 15 is 0 Å². The quantitative estimate of drug-likeness (QED) is 0.226. The second kappa shape index (κ2) is 8.97. The number of benzene rings is 4. The molecule has 2 heterocycles. The van der Waals surface area contributed by atoms with E-state index < -0.39 is 6.04 Å². The van der Waals surface area contributed by atoms with Crippen molar-refractivity contribution in [2.45, 2.75) is 6.04 Å². The van der Waals surface area contributed by atoms with Crippen LogP contribution in [-0.2, 0) is 0 Å². The van der Waals surface area contributed by atoms with E-state index in [0.29, 0.717) is 38.7 Å². The summed E-state index contributed by atoms with van der Waals surface area (Å²) in [7, 11) is 0. The molecule has 0 spiro atoms. The molecule has 0 N–H and O–H groups in total. The summed E-state index contributed by atoms with van der Waals surface area (Å²) >= 11 is 9.63. The first-order chi connectivity index (χ1) is 17.5. The van der Waals surface area contributed by atoms with Crippen LogP contribution in [0.1, 0.15) is 27.7 Å². The summed E-state index contributed by atoms with van der Waals surface area (Å²) in [5, 5.41) is 0.743. The molecule has 1 unspecified atom stereocenters. The Bertz CT molecular complexity index is 1680. The maximum atomic E-state index is 13.8. The van der Waals surface area contributed by atoms with Crippen LogP contribution in [0.25, 0.3) is 11.0 Å². The average Bonchev–Trinajstić information content (AvgIpc) is 3.18. The summed E-state index contributed by atoms with van der Waals surface area (Å²) < 4.78 is 12.9. The van der Waals surface area contributed by atoms with Gasteiger partial charge in [-0.1, -0.05) is 57.9 Å². The predicted octanol–water partition coefficient (Wildman–Crippen LogP) is 7.75. The van der Waals surface area contributed by atoms with E-state index in [1.807, 2.05) is 78.9 Å². The summed E-state index contributed by atoms with van der Waals surface area (Å²) in [6.07, 6.45) is 0. The lowest BCUT2D eigenvalue weighted by Gasteiger charge is -2.25. The Kier molecular flexibility index (Phi) is 5.63. The maximum Gasteiger partial charge on any atom is 0.295 e. The maximum absolute atomic E-state index is 13.8. The van der Waals surface area contributed by atoms with Crippen LogP contribution >= 0.6 is 27.5 Å². The number of fused-ring (bicyclic) bond motifs is 2. The van der Waals surface area contributed by atoms with Crippen LogP contribution < -0.4 is 15.1 Å². The van der Waals surface area contributed by atoms with Crippen LogP contribution in [-0.4, -0.2) is 5.91 Å². The minimum absolute atomic E-state index is 0.0251. The molecule has 5 aromatic rings. The van der Waals surface area contributed by atoms with Gasteiger partial charge in [0.1, 0.15) is 17.1 Å². The van der Waals surface area contributed by atoms with Crippen LogP contribution in [0, 0.1) is 0 Å². The normalized spacial score (nSPS) is 14.8. The molecular weight excluding hydrogens is 542 g/mol. The van der Waals surface area contributed by atoms with Gasteiger partial charge in [0.15, 0.2) is 5.43 Å². The lowest BCUT2D eigenvalue weighted by molar-refractivity contribution is 0.0971. The van der Waals surface area contributed by atoms with Crippen molar-refractivity contribution >= 4 is 50.1 Å². The summed E-state index contributed by atoms with van der Waals surface area (Å²) in [4.78, 5) is 29.1. The highest BCUT2D eigenvalue weighted by Crippen LogP contribution is 2.42. The zero-order valence-corrected chi connectivity index (χ0v) is 21.0. The number of amides is 1. The zero-order chi connectivity index (χ0) is 24.8. The fraction of sp³-hybridized carbons (Fsp3) is 0.0345. The van der Waals surface area contributed by atoms with E-state index in [0.717, 1.165) is 4.47 Å². The van der Waals surface area contributed by atoms with Gasteiger partial charge in [0.2, 0.25) is 5.76 Å². The molecule has 0 aliphatic carbocycles. The lowest BCUT2D eigenvalue weighted by atomic mass is 9.98. The van der Waals surface area contributed by atoms with Gasteiger partial charge in [0, 0.05) is 15.2 Å². The predicted molar refractivity (Wildman–Crippen MR) is 143 cm³/mol. The minimum Gasteiger partial charge on any atom is -0.457 e. The second-order valence-electron chi connectivity index (χ2n) is 8.36. The van der Waals surface area contributed by atoms with E-state index in [9.17, 15) is 9.59 Å². The molecule has 176 valence electrons. The van der Waals surface area contributed by atoms with Crippen molar-refractivity contribution in [1.29, 1.82) is 0 Å². The molecular formula is C29H17BrClNO4. The largest absolute Gasteiger partial charge is 0.457 e. The number of rotatable bonds is 4. The number of anilines is 1. The van der Waals surface area contributed by atoms with Crippen LogP contribution in [0.5, 0.6) is 11.5 Å². The number of para-hydroxylation sites is 1. The molecule has 5 nitrogen and oxygen atoms in total. The number of ether oxygens (including phenoxy) is 1. The van der Waals surface area contributed by atoms with Gasteiger partial charge >= 0.3 is 0 Å². The van der Waals surface area contributed by atoms with Crippen LogP contribution in [0.2, 0.25) is 5.02 Å². The van der Waals surface area contributed by atoms with E-state index in [-0.39, 0.29) is 22.7 Å². The first-order valence-corrected chi connectivity index (χ1v) is 12.3. The minimum atomic E-state index is -0.715. The van der Waals surface area contributed by atoms with Crippen molar-refractivity contribution in [3.63, 3.8) is 0 Å². The zero-order valence-electron chi connectivity index (χ0n) is 18.7. The van der Waals surface area contributed by atoms with Gasteiger partial charge in [-0.2, -0.15) is 0 Å². The molecule has 1 aromatic heterocycles. The fourth-order valence-electron chi connectivity index (χ4n) is 4.50. The molecule has 4 aromatic carbocycles. The molecule has 1 aliphatic heterocycles. The molecule has 1 amide bonds. The summed E-state index contributed by atoms with van der Waals surface area (Å²) in [5.41, 5.74) is 1.65. The first-order valence-electron chi connectivity index (χ1n) is 11.2. The van der Waals surface area contributed by atoms with Crippen molar-refractivity contribution in [2.75, 3.05) is 4.90 Å². The number of hydrogen-bond donors (Lipinski definition) is 0. The smallest absolute Gasteiger partial charge is 0.295 e. The number of halogens is 2. The molecule has 0 fully saturated rings. The SMILES string of the molecule is O=C1c2oc3ccc(Cl)cc3c(=O)c2C(c2cccc(Oc3ccccc3)c2)N1c1ccc(Br)cc1. The molecule has 0 radical (unpaired) electrons. The molecule has 6 rings (SSSR count). The first kappa shape index (κ1) is 22.6. The van der Waals surface area contributed by atoms with Crippen LogP contribution in [0.15, 0.2) is 111 Å². The second-order valence-corrected chi connectivity index (χ2v) is 9.71. The average molecular weight is 559 g/mol. The highest BCUT2D eigenvalue weighted by Gasteiger charge is 2.43. The molecule has 0 saturated heterocycles. The molecule has 0 saturated carbocycles. The van der Waals surface area contributed by atoms with Crippen LogP contribution in [0.3, 0.4) is 0 Å². The highest BCUT2D eigenvalue weighted by molar-refractivity contribution is 9.10. The summed E-state index contributed by atoms with van der Waals surface area (Å²) in [5.74, 6) is 0.906. The van der Waals surface area contributed by atoms with Gasteiger partial charge in [-0.15, -0.1) is 0 Å². The standard InChI is InChI=1S/C29H17BrClNO4/c30-18-9-12-20(13-10-18)32-26(17-5-4-8-22(15-17)35-21-6-2-1-3-7-21)25-27(33)23-16-19(31)11-14-24(23)36-28(25)29(32)34/h1-16,26H. The number of carbonyl (C=O) groups excluding carboxylic acids is 1. The number of nitrogens with zero attached hydrogens (tertiary/aromatic N) is 1. The summed E-state index contributed by atoms with van der Waals surface area (Å²) in [6.45, 7) is 0. The fourth-order valence-corrected chi connectivity index (χ4v) is 4.94. The van der Waals surface area contributed by atoms with Gasteiger partial charge in [-0.25, -0.2) is 0 Å². The van der Waals surface area contributed by atoms with Crippen molar-refractivity contribution in [3.8, 4) is 11.5 Å². The Morgan fingerprint density at radius 1 is 0.833 bits per heavy atom.